The van der Waals surface area contributed by atoms with E-state index in [4.69, 9.17) is 4.74 Å². The van der Waals surface area contributed by atoms with Gasteiger partial charge in [0.25, 0.3) is 0 Å². The number of esters is 1. The molecule has 0 atom stereocenters. The number of hydrogen-bond donors (Lipinski definition) is 0. The molecule has 0 fully saturated rings. The van der Waals surface area contributed by atoms with Gasteiger partial charge >= 0.3 is 5.97 Å². The monoisotopic (exact) mass is 216 g/mol. The molecule has 16 heavy (non-hydrogen) atoms. The Balaban J connectivity index is 2.38. The summed E-state index contributed by atoms with van der Waals surface area (Å²) >= 11 is 0. The summed E-state index contributed by atoms with van der Waals surface area (Å²) < 4.78 is 5.07. The van der Waals surface area contributed by atoms with Crippen LogP contribution in [0.4, 0.5) is 0 Å². The van der Waals surface area contributed by atoms with E-state index in [1.54, 1.807) is 12.1 Å². The maximum atomic E-state index is 11.5. The highest BCUT2D eigenvalue weighted by Crippen LogP contribution is 2.04. The Morgan fingerprint density at radius 2 is 1.94 bits per heavy atom. The summed E-state index contributed by atoms with van der Waals surface area (Å²) in [5, 5.41) is 0. The van der Waals surface area contributed by atoms with Gasteiger partial charge in [0, 0.05) is 12.8 Å². The van der Waals surface area contributed by atoms with Crippen LogP contribution < -0.4 is 0 Å². The fourth-order valence-electron chi connectivity index (χ4n) is 1.18. The van der Waals surface area contributed by atoms with Crippen LogP contribution in [0.25, 0.3) is 0 Å². The molecule has 0 saturated heterocycles. The summed E-state index contributed by atoms with van der Waals surface area (Å²) in [4.78, 5) is 11.5. The van der Waals surface area contributed by atoms with Crippen LogP contribution in [0, 0.1) is 18.8 Å². The fourth-order valence-corrected chi connectivity index (χ4v) is 1.18. The molecule has 0 aromatic heterocycles. The summed E-state index contributed by atoms with van der Waals surface area (Å²) in [5.41, 5.74) is 1.72. The lowest BCUT2D eigenvalue weighted by atomic mass is 10.1. The number of aryl methyl sites for hydroxylation is 1. The highest BCUT2D eigenvalue weighted by Gasteiger charge is 2.04. The molecule has 0 heterocycles. The van der Waals surface area contributed by atoms with Gasteiger partial charge in [0.1, 0.15) is 6.61 Å². The van der Waals surface area contributed by atoms with Crippen molar-refractivity contribution in [3.63, 3.8) is 0 Å². The van der Waals surface area contributed by atoms with E-state index in [1.165, 1.54) is 0 Å². The van der Waals surface area contributed by atoms with Gasteiger partial charge in [-0.15, -0.1) is 5.92 Å². The van der Waals surface area contributed by atoms with Crippen molar-refractivity contribution < 1.29 is 9.53 Å². The van der Waals surface area contributed by atoms with E-state index < -0.39 is 0 Å². The third-order valence-electron chi connectivity index (χ3n) is 2.05. The minimum atomic E-state index is -0.279. The average Bonchev–Trinajstić information content (AvgIpc) is 2.29. The quantitative estimate of drug-likeness (QED) is 0.441. The van der Waals surface area contributed by atoms with Crippen LogP contribution in [0.3, 0.4) is 0 Å². The van der Waals surface area contributed by atoms with Gasteiger partial charge in [-0.05, 0) is 19.1 Å². The second-order valence-corrected chi connectivity index (χ2v) is 3.46. The lowest BCUT2D eigenvalue weighted by molar-refractivity contribution is 0.0513. The summed E-state index contributed by atoms with van der Waals surface area (Å²) in [6, 6.07) is 7.34. The van der Waals surface area contributed by atoms with Crippen LogP contribution >= 0.6 is 0 Å². The number of benzene rings is 1. The molecule has 0 radical (unpaired) electrons. The number of ether oxygens (including phenoxy) is 1. The topological polar surface area (TPSA) is 26.3 Å². The van der Waals surface area contributed by atoms with E-state index in [1.807, 2.05) is 26.0 Å². The molecule has 0 spiro atoms. The van der Waals surface area contributed by atoms with E-state index >= 15 is 0 Å². The first-order valence-electron chi connectivity index (χ1n) is 5.43. The van der Waals surface area contributed by atoms with Crippen LogP contribution in [0.2, 0.25) is 0 Å². The van der Waals surface area contributed by atoms with Gasteiger partial charge in [-0.25, -0.2) is 4.79 Å². The number of carbonyl (C=O) groups excluding carboxylic acids is 1. The molecule has 0 aliphatic rings. The summed E-state index contributed by atoms with van der Waals surface area (Å²) in [6.45, 7) is 4.33. The largest absolute Gasteiger partial charge is 0.461 e. The molecule has 2 heteroatoms. The van der Waals surface area contributed by atoms with Crippen molar-refractivity contribution in [3.05, 3.63) is 35.4 Å². The molecule has 0 amide bonds. The molecular weight excluding hydrogens is 200 g/mol. The number of hydrogen-bond acceptors (Lipinski definition) is 2. The zero-order valence-corrected chi connectivity index (χ0v) is 9.75. The Hall–Kier alpha value is -1.75. The van der Waals surface area contributed by atoms with E-state index in [-0.39, 0.29) is 5.97 Å². The zero-order valence-electron chi connectivity index (χ0n) is 9.75. The van der Waals surface area contributed by atoms with Crippen LogP contribution in [0.1, 0.15) is 35.7 Å². The Labute approximate surface area is 96.6 Å². The summed E-state index contributed by atoms with van der Waals surface area (Å²) in [6.07, 6.45) is 1.44. The second kappa shape index (κ2) is 6.68. The average molecular weight is 216 g/mol. The van der Waals surface area contributed by atoms with Gasteiger partial charge in [-0.2, -0.15) is 0 Å². The van der Waals surface area contributed by atoms with Gasteiger partial charge in [-0.1, -0.05) is 30.5 Å². The third kappa shape index (κ3) is 4.18. The molecule has 0 N–H and O–H groups in total. The Kier molecular flexibility index (Phi) is 5.15. The van der Waals surface area contributed by atoms with Crippen molar-refractivity contribution in [1.29, 1.82) is 0 Å². The smallest absolute Gasteiger partial charge is 0.338 e. The fraction of sp³-hybridized carbons (Fsp3) is 0.357. The lowest BCUT2D eigenvalue weighted by Crippen LogP contribution is -2.05. The Morgan fingerprint density at radius 1 is 1.25 bits per heavy atom. The molecule has 0 bridgehead atoms. The molecule has 84 valence electrons. The third-order valence-corrected chi connectivity index (χ3v) is 2.05. The van der Waals surface area contributed by atoms with Gasteiger partial charge in [-0.3, -0.25) is 0 Å². The first kappa shape index (κ1) is 12.3. The molecular formula is C14H16O2. The van der Waals surface area contributed by atoms with Crippen LogP contribution in [0.5, 0.6) is 0 Å². The molecule has 1 aromatic carbocycles. The van der Waals surface area contributed by atoms with Crippen LogP contribution in [-0.4, -0.2) is 12.6 Å². The lowest BCUT2D eigenvalue weighted by Gasteiger charge is -2.02. The van der Waals surface area contributed by atoms with E-state index in [0.717, 1.165) is 12.0 Å². The van der Waals surface area contributed by atoms with Gasteiger partial charge in [0.05, 0.1) is 5.56 Å². The van der Waals surface area contributed by atoms with E-state index in [9.17, 15) is 4.79 Å². The molecule has 0 aliphatic heterocycles. The Bertz CT molecular complexity index is 393. The van der Waals surface area contributed by atoms with Gasteiger partial charge < -0.3 is 4.74 Å². The minimum absolute atomic E-state index is 0.279. The highest BCUT2D eigenvalue weighted by molar-refractivity contribution is 5.89. The van der Waals surface area contributed by atoms with Gasteiger partial charge in [0.15, 0.2) is 0 Å². The molecule has 1 rings (SSSR count). The Morgan fingerprint density at radius 3 is 2.56 bits per heavy atom. The van der Waals surface area contributed by atoms with Crippen LogP contribution in [0.15, 0.2) is 24.3 Å². The maximum absolute atomic E-state index is 11.5. The zero-order chi connectivity index (χ0) is 11.8. The molecule has 0 aliphatic carbocycles. The van der Waals surface area contributed by atoms with Crippen molar-refractivity contribution in [3.8, 4) is 11.8 Å². The van der Waals surface area contributed by atoms with Crippen molar-refractivity contribution >= 4 is 5.97 Å². The molecule has 1 aromatic rings. The van der Waals surface area contributed by atoms with Gasteiger partial charge in [0.2, 0.25) is 0 Å². The second-order valence-electron chi connectivity index (χ2n) is 3.46. The molecule has 0 unspecified atom stereocenters. The summed E-state index contributed by atoms with van der Waals surface area (Å²) in [5.74, 6) is 5.57. The summed E-state index contributed by atoms with van der Waals surface area (Å²) in [7, 11) is 0. The van der Waals surface area contributed by atoms with Crippen molar-refractivity contribution in [1.82, 2.24) is 0 Å². The van der Waals surface area contributed by atoms with E-state index in [0.29, 0.717) is 18.6 Å². The first-order chi connectivity index (χ1) is 7.74. The highest BCUT2D eigenvalue weighted by atomic mass is 16.5. The van der Waals surface area contributed by atoms with Crippen LogP contribution in [-0.2, 0) is 4.74 Å². The number of carbonyl (C=O) groups is 1. The predicted octanol–water partition coefficient (Wildman–Crippen LogP) is 2.96. The molecule has 0 saturated carbocycles. The minimum Gasteiger partial charge on any atom is -0.461 e. The molecule has 2 nitrogen and oxygen atoms in total. The number of rotatable bonds is 3. The predicted molar refractivity (Wildman–Crippen MR) is 64.1 cm³/mol. The van der Waals surface area contributed by atoms with Crippen molar-refractivity contribution in [2.45, 2.75) is 26.7 Å². The van der Waals surface area contributed by atoms with Crippen molar-refractivity contribution in [2.24, 2.45) is 0 Å². The van der Waals surface area contributed by atoms with Crippen molar-refractivity contribution in [2.75, 3.05) is 6.61 Å². The standard InChI is InChI=1S/C14H16O2/c1-3-4-5-6-11-16-14(15)13-9-7-12(2)8-10-13/h7-10H,3,6,11H2,1-2H3. The SMILES string of the molecule is CCC#CCCOC(=O)c1ccc(C)cc1. The van der Waals surface area contributed by atoms with E-state index in [2.05, 4.69) is 11.8 Å². The first-order valence-corrected chi connectivity index (χ1v) is 5.43. The normalized spacial score (nSPS) is 9.12. The maximum Gasteiger partial charge on any atom is 0.338 e.